The first kappa shape index (κ1) is 26.8. The molecule has 1 unspecified atom stereocenters. The van der Waals surface area contributed by atoms with Crippen LogP contribution in [0.2, 0.25) is 0 Å². The Labute approximate surface area is 255 Å². The summed E-state index contributed by atoms with van der Waals surface area (Å²) in [6.07, 6.45) is 11.4. The number of aryl methyl sites for hydroxylation is 1. The first-order chi connectivity index (χ1) is 21.6. The molecule has 10 heteroatoms. The van der Waals surface area contributed by atoms with E-state index < -0.39 is 0 Å². The summed E-state index contributed by atoms with van der Waals surface area (Å²) in [5, 5.41) is 8.71. The molecule has 4 aromatic heterocycles. The van der Waals surface area contributed by atoms with E-state index in [1.807, 2.05) is 40.0 Å². The number of hydrogen-bond acceptors (Lipinski definition) is 7. The van der Waals surface area contributed by atoms with Crippen LogP contribution in [0.15, 0.2) is 73.6 Å². The number of nitrogens with one attached hydrogen (secondary N) is 1. The molecule has 1 atom stereocenters. The molecular formula is C34H35N9O. The zero-order chi connectivity index (χ0) is 29.8. The highest BCUT2D eigenvalue weighted by Crippen LogP contribution is 2.39. The number of piperidine rings is 1. The number of carbonyl (C=O) groups is 1. The van der Waals surface area contributed by atoms with E-state index in [0.29, 0.717) is 29.6 Å². The lowest BCUT2D eigenvalue weighted by atomic mass is 10.0. The third-order valence-electron chi connectivity index (χ3n) is 9.29. The average Bonchev–Trinajstić information content (AvgIpc) is 3.47. The topological polar surface area (TPSA) is 120 Å². The van der Waals surface area contributed by atoms with Crippen LogP contribution in [-0.2, 0) is 11.2 Å². The number of anilines is 1. The zero-order valence-electron chi connectivity index (χ0n) is 24.6. The maximum absolute atomic E-state index is 12.0. The SMILES string of the molecule is C=CC(=O)N1CCC(NC2CCc3cc(-n4c(-c5cccnc5N)nc5ccc(-n6ccc(C7CC7)n6)nc54)ccc32)CC1. The Kier molecular flexibility index (Phi) is 6.52. The van der Waals surface area contributed by atoms with Gasteiger partial charge in [0.25, 0.3) is 0 Å². The summed E-state index contributed by atoms with van der Waals surface area (Å²) in [7, 11) is 0. The second-order valence-corrected chi connectivity index (χ2v) is 12.1. The quantitative estimate of drug-likeness (QED) is 0.261. The van der Waals surface area contributed by atoms with Gasteiger partial charge < -0.3 is 16.0 Å². The molecule has 0 radical (unpaired) electrons. The number of likely N-dealkylation sites (tertiary alicyclic amines) is 1. The van der Waals surface area contributed by atoms with Crippen LogP contribution in [0.5, 0.6) is 0 Å². The predicted molar refractivity (Wildman–Crippen MR) is 170 cm³/mol. The van der Waals surface area contributed by atoms with E-state index in [1.54, 1.807) is 6.20 Å². The minimum absolute atomic E-state index is 0.0240. The predicted octanol–water partition coefficient (Wildman–Crippen LogP) is 4.88. The highest BCUT2D eigenvalue weighted by Gasteiger charge is 2.29. The van der Waals surface area contributed by atoms with Crippen molar-refractivity contribution in [3.8, 4) is 22.9 Å². The summed E-state index contributed by atoms with van der Waals surface area (Å²) in [6, 6.07) is 17.3. The van der Waals surface area contributed by atoms with Gasteiger partial charge in [-0.2, -0.15) is 5.10 Å². The summed E-state index contributed by atoms with van der Waals surface area (Å²) in [6.45, 7) is 5.17. The number of hydrogen-bond donors (Lipinski definition) is 2. The van der Waals surface area contributed by atoms with Gasteiger partial charge in [0.1, 0.15) is 11.3 Å². The van der Waals surface area contributed by atoms with Gasteiger partial charge in [0, 0.05) is 49.2 Å². The first-order valence-corrected chi connectivity index (χ1v) is 15.5. The van der Waals surface area contributed by atoms with Crippen LogP contribution in [0.3, 0.4) is 0 Å². The number of carbonyl (C=O) groups excluding carboxylic acids is 1. The third kappa shape index (κ3) is 4.75. The van der Waals surface area contributed by atoms with Crippen molar-refractivity contribution in [2.24, 2.45) is 0 Å². The van der Waals surface area contributed by atoms with Crippen molar-refractivity contribution in [1.29, 1.82) is 0 Å². The van der Waals surface area contributed by atoms with E-state index in [0.717, 1.165) is 72.7 Å². The third-order valence-corrected chi connectivity index (χ3v) is 9.29. The normalized spacial score (nSPS) is 18.5. The van der Waals surface area contributed by atoms with E-state index >= 15 is 0 Å². The Balaban J connectivity index is 1.14. The molecule has 0 spiro atoms. The van der Waals surface area contributed by atoms with Gasteiger partial charge in [-0.15, -0.1) is 0 Å². The van der Waals surface area contributed by atoms with Crippen molar-refractivity contribution in [3.05, 3.63) is 90.4 Å². The molecular weight excluding hydrogens is 550 g/mol. The second-order valence-electron chi connectivity index (χ2n) is 12.1. The van der Waals surface area contributed by atoms with Crippen molar-refractivity contribution in [1.82, 2.24) is 39.5 Å². The molecule has 8 rings (SSSR count). The van der Waals surface area contributed by atoms with Gasteiger partial charge in [0.05, 0.1) is 11.3 Å². The summed E-state index contributed by atoms with van der Waals surface area (Å²) < 4.78 is 3.96. The Bertz CT molecular complexity index is 1890. The maximum atomic E-state index is 12.0. The number of nitrogens with zero attached hydrogens (tertiary/aromatic N) is 7. The summed E-state index contributed by atoms with van der Waals surface area (Å²) in [4.78, 5) is 28.4. The Hall–Kier alpha value is -4.83. The van der Waals surface area contributed by atoms with Gasteiger partial charge in [-0.1, -0.05) is 12.6 Å². The fraction of sp³-hybridized carbons (Fsp3) is 0.324. The standard InChI is InChI=1S/C34H35N9O/c1-2-31(44)41-17-13-23(14-18-41)37-28-10-7-22-20-24(8-9-25(22)28)43-33(26-4-3-16-36-32(26)35)38-29-11-12-30(39-34(29)43)42-19-15-27(40-42)21-5-6-21/h2-4,8-9,11-12,15-16,19-21,23,28,37H,1,5-7,10,13-14,17-18H2,(H2,35,36). The molecule has 3 N–H and O–H groups in total. The van der Waals surface area contributed by atoms with Crippen molar-refractivity contribution < 1.29 is 4.79 Å². The number of amides is 1. The number of imidazole rings is 1. The van der Waals surface area contributed by atoms with Gasteiger partial charge in [-0.05, 0) is 98.2 Å². The van der Waals surface area contributed by atoms with Gasteiger partial charge in [0.15, 0.2) is 17.3 Å². The molecule has 2 aliphatic carbocycles. The van der Waals surface area contributed by atoms with E-state index in [2.05, 4.69) is 45.7 Å². The van der Waals surface area contributed by atoms with Crippen LogP contribution in [0, 0.1) is 0 Å². The summed E-state index contributed by atoms with van der Waals surface area (Å²) in [5.74, 6) is 2.49. The Morgan fingerprint density at radius 2 is 1.89 bits per heavy atom. The molecule has 1 amide bonds. The Morgan fingerprint density at radius 1 is 1.02 bits per heavy atom. The molecule has 1 aromatic carbocycles. The molecule has 222 valence electrons. The van der Waals surface area contributed by atoms with Gasteiger partial charge in [0.2, 0.25) is 5.91 Å². The molecule has 5 heterocycles. The van der Waals surface area contributed by atoms with Crippen molar-refractivity contribution in [2.45, 2.75) is 56.5 Å². The number of fused-ring (bicyclic) bond motifs is 2. The second kappa shape index (κ2) is 10.7. The molecule has 44 heavy (non-hydrogen) atoms. The molecule has 3 aliphatic rings. The summed E-state index contributed by atoms with van der Waals surface area (Å²) >= 11 is 0. The highest BCUT2D eigenvalue weighted by atomic mass is 16.2. The lowest BCUT2D eigenvalue weighted by Crippen LogP contribution is -2.45. The molecule has 10 nitrogen and oxygen atoms in total. The average molecular weight is 586 g/mol. The van der Waals surface area contributed by atoms with Crippen LogP contribution < -0.4 is 11.1 Å². The number of rotatable bonds is 7. The van der Waals surface area contributed by atoms with Crippen LogP contribution in [0.4, 0.5) is 5.82 Å². The fourth-order valence-corrected chi connectivity index (χ4v) is 6.77. The minimum atomic E-state index is 0.0240. The summed E-state index contributed by atoms with van der Waals surface area (Å²) in [5.41, 5.74) is 13.4. The fourth-order valence-electron chi connectivity index (χ4n) is 6.77. The minimum Gasteiger partial charge on any atom is -0.383 e. The van der Waals surface area contributed by atoms with E-state index in [-0.39, 0.29) is 5.91 Å². The van der Waals surface area contributed by atoms with E-state index in [1.165, 1.54) is 30.0 Å². The number of benzene rings is 1. The van der Waals surface area contributed by atoms with E-state index in [4.69, 9.17) is 20.8 Å². The van der Waals surface area contributed by atoms with E-state index in [9.17, 15) is 4.79 Å². The van der Waals surface area contributed by atoms with Crippen molar-refractivity contribution in [2.75, 3.05) is 18.8 Å². The first-order valence-electron chi connectivity index (χ1n) is 15.5. The monoisotopic (exact) mass is 585 g/mol. The molecule has 1 saturated heterocycles. The number of nitrogen functional groups attached to an aromatic ring is 1. The molecule has 1 aliphatic heterocycles. The largest absolute Gasteiger partial charge is 0.383 e. The number of pyridine rings is 2. The van der Waals surface area contributed by atoms with Gasteiger partial charge in [-0.25, -0.2) is 19.6 Å². The van der Waals surface area contributed by atoms with Crippen LogP contribution >= 0.6 is 0 Å². The van der Waals surface area contributed by atoms with Crippen LogP contribution in [0.25, 0.3) is 34.1 Å². The smallest absolute Gasteiger partial charge is 0.245 e. The zero-order valence-corrected chi connectivity index (χ0v) is 24.6. The van der Waals surface area contributed by atoms with Crippen LogP contribution in [-0.4, -0.2) is 59.2 Å². The molecule has 0 bridgehead atoms. The highest BCUT2D eigenvalue weighted by molar-refractivity contribution is 5.87. The molecule has 1 saturated carbocycles. The number of nitrogens with two attached hydrogens (primary N) is 1. The Morgan fingerprint density at radius 3 is 2.68 bits per heavy atom. The van der Waals surface area contributed by atoms with Gasteiger partial charge >= 0.3 is 0 Å². The van der Waals surface area contributed by atoms with Gasteiger partial charge in [-0.3, -0.25) is 9.36 Å². The molecule has 2 fully saturated rings. The van der Waals surface area contributed by atoms with Crippen LogP contribution in [0.1, 0.15) is 60.9 Å². The van der Waals surface area contributed by atoms with Crippen molar-refractivity contribution in [3.63, 3.8) is 0 Å². The number of aromatic nitrogens is 6. The van der Waals surface area contributed by atoms with Crippen molar-refractivity contribution >= 4 is 22.9 Å². The molecule has 5 aromatic rings. The maximum Gasteiger partial charge on any atom is 0.245 e. The lowest BCUT2D eigenvalue weighted by Gasteiger charge is -2.33. The lowest BCUT2D eigenvalue weighted by molar-refractivity contribution is -0.127.